The van der Waals surface area contributed by atoms with Crippen molar-refractivity contribution in [1.82, 2.24) is 4.90 Å². The van der Waals surface area contributed by atoms with Crippen molar-refractivity contribution in [2.45, 2.75) is 18.9 Å². The van der Waals surface area contributed by atoms with E-state index < -0.39 is 6.10 Å². The quantitative estimate of drug-likeness (QED) is 0.724. The first kappa shape index (κ1) is 12.1. The molecule has 4 heteroatoms. The van der Waals surface area contributed by atoms with Crippen LogP contribution in [0.3, 0.4) is 0 Å². The van der Waals surface area contributed by atoms with Crippen molar-refractivity contribution >= 4 is 5.91 Å². The summed E-state index contributed by atoms with van der Waals surface area (Å²) in [4.78, 5) is 14.2. The lowest BCUT2D eigenvalue weighted by Gasteiger charge is -2.33. The first-order valence-electron chi connectivity index (χ1n) is 6.58. The molecule has 0 aliphatic carbocycles. The van der Waals surface area contributed by atoms with E-state index in [9.17, 15) is 4.79 Å². The van der Waals surface area contributed by atoms with Crippen LogP contribution in [-0.2, 0) is 4.79 Å². The summed E-state index contributed by atoms with van der Waals surface area (Å²) in [6.45, 7) is 5.65. The maximum absolute atomic E-state index is 12.4. The molecule has 0 saturated carbocycles. The van der Waals surface area contributed by atoms with Gasteiger partial charge in [0.2, 0.25) is 6.10 Å². The third-order valence-corrected chi connectivity index (χ3v) is 3.47. The van der Waals surface area contributed by atoms with Gasteiger partial charge in [-0.05, 0) is 25.0 Å². The molecule has 0 radical (unpaired) electrons. The minimum Gasteiger partial charge on any atom is -0.485 e. The van der Waals surface area contributed by atoms with E-state index in [4.69, 9.17) is 9.47 Å². The van der Waals surface area contributed by atoms with Crippen LogP contribution in [0.2, 0.25) is 0 Å². The molecule has 0 bridgehead atoms. The maximum atomic E-state index is 12.4. The Labute approximate surface area is 112 Å². The highest BCUT2D eigenvalue weighted by molar-refractivity contribution is 5.82. The number of rotatable bonds is 1. The number of fused-ring (bicyclic) bond motifs is 1. The van der Waals surface area contributed by atoms with Crippen molar-refractivity contribution in [3.8, 4) is 11.5 Å². The fraction of sp³-hybridized carbons (Fsp3) is 0.400. The second kappa shape index (κ2) is 4.96. The van der Waals surface area contributed by atoms with Gasteiger partial charge in [-0.1, -0.05) is 24.3 Å². The number of hydrogen-bond acceptors (Lipinski definition) is 3. The van der Waals surface area contributed by atoms with E-state index in [1.807, 2.05) is 29.2 Å². The highest BCUT2D eigenvalue weighted by Crippen LogP contribution is 2.31. The van der Waals surface area contributed by atoms with Crippen molar-refractivity contribution in [3.63, 3.8) is 0 Å². The van der Waals surface area contributed by atoms with Crippen molar-refractivity contribution in [2.24, 2.45) is 0 Å². The molecule has 100 valence electrons. The van der Waals surface area contributed by atoms with Crippen LogP contribution in [0.5, 0.6) is 11.5 Å². The average Bonchev–Trinajstić information content (AvgIpc) is 2.46. The lowest BCUT2D eigenvalue weighted by atomic mass is 10.1. The summed E-state index contributed by atoms with van der Waals surface area (Å²) in [7, 11) is 0. The number of amides is 1. The standard InChI is InChI=1S/C15H17NO3/c1-11-5-4-8-16(9-11)15(17)14-10-18-12-6-2-3-7-13(12)19-14/h2-3,6-7,14H,1,4-5,8-10H2/t14-/m0/s1. The van der Waals surface area contributed by atoms with Gasteiger partial charge >= 0.3 is 0 Å². The summed E-state index contributed by atoms with van der Waals surface area (Å²) in [5.74, 6) is 1.34. The summed E-state index contributed by atoms with van der Waals surface area (Å²) >= 11 is 0. The average molecular weight is 259 g/mol. The molecule has 0 N–H and O–H groups in total. The number of hydrogen-bond donors (Lipinski definition) is 0. The molecule has 0 unspecified atom stereocenters. The van der Waals surface area contributed by atoms with Crippen LogP contribution in [0.25, 0.3) is 0 Å². The lowest BCUT2D eigenvalue weighted by Crippen LogP contribution is -2.48. The van der Waals surface area contributed by atoms with E-state index in [0.29, 0.717) is 18.0 Å². The molecule has 1 aromatic carbocycles. The van der Waals surface area contributed by atoms with Crippen LogP contribution < -0.4 is 9.47 Å². The monoisotopic (exact) mass is 259 g/mol. The Balaban J connectivity index is 1.70. The predicted molar refractivity (Wildman–Crippen MR) is 71.3 cm³/mol. The highest BCUT2D eigenvalue weighted by atomic mass is 16.6. The predicted octanol–water partition coefficient (Wildman–Crippen LogP) is 2.00. The van der Waals surface area contributed by atoms with Gasteiger partial charge in [-0.15, -0.1) is 0 Å². The molecule has 1 fully saturated rings. The van der Waals surface area contributed by atoms with Crippen LogP contribution >= 0.6 is 0 Å². The van der Waals surface area contributed by atoms with Gasteiger partial charge in [-0.2, -0.15) is 0 Å². The molecule has 2 heterocycles. The molecule has 4 nitrogen and oxygen atoms in total. The van der Waals surface area contributed by atoms with E-state index in [1.165, 1.54) is 0 Å². The Kier molecular flexibility index (Phi) is 3.15. The minimum atomic E-state index is -0.541. The van der Waals surface area contributed by atoms with Gasteiger partial charge in [0.1, 0.15) is 6.61 Å². The number of piperidine rings is 1. The highest BCUT2D eigenvalue weighted by Gasteiger charge is 2.31. The zero-order chi connectivity index (χ0) is 13.2. The summed E-state index contributed by atoms with van der Waals surface area (Å²) < 4.78 is 11.3. The SMILES string of the molecule is C=C1CCCN(C(=O)[C@@H]2COc3ccccc3O2)C1. The number of nitrogens with zero attached hydrogens (tertiary/aromatic N) is 1. The minimum absolute atomic E-state index is 0.00430. The van der Waals surface area contributed by atoms with E-state index >= 15 is 0 Å². The summed E-state index contributed by atoms with van der Waals surface area (Å²) in [5.41, 5.74) is 1.11. The normalized spacial score (nSPS) is 22.2. The van der Waals surface area contributed by atoms with E-state index in [1.54, 1.807) is 0 Å². The Bertz CT molecular complexity index is 512. The third-order valence-electron chi connectivity index (χ3n) is 3.47. The number of carbonyl (C=O) groups is 1. The number of likely N-dealkylation sites (tertiary alicyclic amines) is 1. The van der Waals surface area contributed by atoms with Crippen LogP contribution in [0.15, 0.2) is 36.4 Å². The maximum Gasteiger partial charge on any atom is 0.267 e. The van der Waals surface area contributed by atoms with Crippen LogP contribution in [0.4, 0.5) is 0 Å². The van der Waals surface area contributed by atoms with Gasteiger partial charge < -0.3 is 14.4 Å². The molecule has 0 aromatic heterocycles. The second-order valence-corrected chi connectivity index (χ2v) is 4.98. The first-order chi connectivity index (χ1) is 9.24. The molecule has 1 amide bonds. The van der Waals surface area contributed by atoms with Crippen LogP contribution in [0.1, 0.15) is 12.8 Å². The number of ether oxygens (including phenoxy) is 2. The van der Waals surface area contributed by atoms with Gasteiger partial charge in [0.25, 0.3) is 5.91 Å². The summed E-state index contributed by atoms with van der Waals surface area (Å²) in [6.07, 6.45) is 1.45. The molecule has 19 heavy (non-hydrogen) atoms. The van der Waals surface area contributed by atoms with Gasteiger partial charge in [0, 0.05) is 13.1 Å². The zero-order valence-electron chi connectivity index (χ0n) is 10.8. The molecule has 1 atom stereocenters. The largest absolute Gasteiger partial charge is 0.485 e. The Morgan fingerprint density at radius 1 is 1.32 bits per heavy atom. The molecule has 1 aromatic rings. The number of para-hydroxylation sites is 2. The topological polar surface area (TPSA) is 38.8 Å². The van der Waals surface area contributed by atoms with Crippen molar-refractivity contribution in [2.75, 3.05) is 19.7 Å². The zero-order valence-corrected chi connectivity index (χ0v) is 10.8. The van der Waals surface area contributed by atoms with E-state index in [-0.39, 0.29) is 12.5 Å². The van der Waals surface area contributed by atoms with Gasteiger partial charge in [0.15, 0.2) is 11.5 Å². The fourth-order valence-electron chi connectivity index (χ4n) is 2.48. The Hall–Kier alpha value is -1.97. The molecule has 3 rings (SSSR count). The molecule has 0 spiro atoms. The summed E-state index contributed by atoms with van der Waals surface area (Å²) in [5, 5.41) is 0. The molecular weight excluding hydrogens is 242 g/mol. The van der Waals surface area contributed by atoms with E-state index in [0.717, 1.165) is 25.0 Å². The smallest absolute Gasteiger partial charge is 0.267 e. The molecule has 2 aliphatic heterocycles. The molecular formula is C15H17NO3. The van der Waals surface area contributed by atoms with E-state index in [2.05, 4.69) is 6.58 Å². The van der Waals surface area contributed by atoms with Crippen LogP contribution in [0, 0.1) is 0 Å². The van der Waals surface area contributed by atoms with Crippen molar-refractivity contribution in [3.05, 3.63) is 36.4 Å². The number of carbonyl (C=O) groups excluding carboxylic acids is 1. The Morgan fingerprint density at radius 3 is 2.89 bits per heavy atom. The van der Waals surface area contributed by atoms with Gasteiger partial charge in [-0.3, -0.25) is 4.79 Å². The molecule has 2 aliphatic rings. The second-order valence-electron chi connectivity index (χ2n) is 4.98. The van der Waals surface area contributed by atoms with Gasteiger partial charge in [0.05, 0.1) is 0 Å². The third kappa shape index (κ3) is 2.43. The Morgan fingerprint density at radius 2 is 2.11 bits per heavy atom. The number of benzene rings is 1. The lowest BCUT2D eigenvalue weighted by molar-refractivity contribution is -0.141. The fourth-order valence-corrected chi connectivity index (χ4v) is 2.48. The van der Waals surface area contributed by atoms with Crippen molar-refractivity contribution < 1.29 is 14.3 Å². The first-order valence-corrected chi connectivity index (χ1v) is 6.58. The molecule has 1 saturated heterocycles. The van der Waals surface area contributed by atoms with Crippen molar-refractivity contribution in [1.29, 1.82) is 0 Å². The van der Waals surface area contributed by atoms with Gasteiger partial charge in [-0.25, -0.2) is 0 Å². The summed E-state index contributed by atoms with van der Waals surface area (Å²) in [6, 6.07) is 7.43. The van der Waals surface area contributed by atoms with Crippen LogP contribution in [-0.4, -0.2) is 36.6 Å².